The molecule has 1 aliphatic rings. The van der Waals surface area contributed by atoms with E-state index in [0.717, 1.165) is 5.69 Å². The highest BCUT2D eigenvalue weighted by Gasteiger charge is 2.25. The molecule has 0 bridgehead atoms. The van der Waals surface area contributed by atoms with Crippen LogP contribution in [0.25, 0.3) is 10.4 Å². The molecule has 56 valence electrons. The number of aromatic amines is 1. The van der Waals surface area contributed by atoms with E-state index in [-0.39, 0.29) is 0 Å². The maximum Gasteiger partial charge on any atom is 0.0584 e. The van der Waals surface area contributed by atoms with E-state index in [1.807, 2.05) is 6.20 Å². The van der Waals surface area contributed by atoms with Crippen molar-refractivity contribution >= 4 is 5.69 Å². The minimum atomic E-state index is 0.641. The SMILES string of the molecule is [N-]=[N+]=Nc1c[nH]cc1C1CC1. The van der Waals surface area contributed by atoms with Gasteiger partial charge in [-0.15, -0.1) is 0 Å². The molecule has 0 aliphatic heterocycles. The minimum Gasteiger partial charge on any atom is -0.367 e. The van der Waals surface area contributed by atoms with Gasteiger partial charge in [-0.3, -0.25) is 0 Å². The van der Waals surface area contributed by atoms with Crippen LogP contribution in [0.2, 0.25) is 0 Å². The van der Waals surface area contributed by atoms with Crippen LogP contribution in [-0.2, 0) is 0 Å². The fourth-order valence-electron chi connectivity index (χ4n) is 1.22. The molecule has 0 atom stereocenters. The Labute approximate surface area is 63.9 Å². The zero-order chi connectivity index (χ0) is 7.68. The first-order chi connectivity index (χ1) is 5.42. The van der Waals surface area contributed by atoms with Gasteiger partial charge in [0.15, 0.2) is 0 Å². The summed E-state index contributed by atoms with van der Waals surface area (Å²) in [7, 11) is 0. The fraction of sp³-hybridized carbons (Fsp3) is 0.429. The third-order valence-corrected chi connectivity index (χ3v) is 1.92. The van der Waals surface area contributed by atoms with Crippen molar-refractivity contribution in [2.24, 2.45) is 5.11 Å². The van der Waals surface area contributed by atoms with Gasteiger partial charge in [-0.2, -0.15) is 0 Å². The van der Waals surface area contributed by atoms with Gasteiger partial charge in [-0.25, -0.2) is 0 Å². The standard InChI is InChI=1S/C7H8N4/c8-11-10-7-4-9-3-6(7)5-1-2-5/h3-5,9H,1-2H2. The first-order valence-electron chi connectivity index (χ1n) is 3.63. The van der Waals surface area contributed by atoms with Gasteiger partial charge < -0.3 is 4.98 Å². The Hall–Kier alpha value is -1.41. The van der Waals surface area contributed by atoms with Crippen LogP contribution in [0.3, 0.4) is 0 Å². The Bertz CT molecular complexity index is 304. The number of nitrogens with zero attached hydrogens (tertiary/aromatic N) is 3. The van der Waals surface area contributed by atoms with E-state index in [1.54, 1.807) is 6.20 Å². The first-order valence-corrected chi connectivity index (χ1v) is 3.63. The number of hydrogen-bond donors (Lipinski definition) is 1. The normalized spacial score (nSPS) is 16.0. The van der Waals surface area contributed by atoms with E-state index in [2.05, 4.69) is 15.0 Å². The predicted octanol–water partition coefficient (Wildman–Crippen LogP) is 2.83. The summed E-state index contributed by atoms with van der Waals surface area (Å²) in [4.78, 5) is 5.69. The second kappa shape index (κ2) is 2.32. The molecule has 1 saturated carbocycles. The molecular formula is C7H8N4. The van der Waals surface area contributed by atoms with Gasteiger partial charge in [0.25, 0.3) is 0 Å². The van der Waals surface area contributed by atoms with Gasteiger partial charge >= 0.3 is 0 Å². The van der Waals surface area contributed by atoms with E-state index >= 15 is 0 Å². The first kappa shape index (κ1) is 6.31. The van der Waals surface area contributed by atoms with Crippen LogP contribution in [0.4, 0.5) is 5.69 Å². The van der Waals surface area contributed by atoms with E-state index in [4.69, 9.17) is 5.53 Å². The van der Waals surface area contributed by atoms with Gasteiger partial charge in [0.05, 0.1) is 5.69 Å². The highest BCUT2D eigenvalue weighted by Crippen LogP contribution is 2.44. The quantitative estimate of drug-likeness (QED) is 0.380. The van der Waals surface area contributed by atoms with Gasteiger partial charge in [0.2, 0.25) is 0 Å². The van der Waals surface area contributed by atoms with Gasteiger partial charge in [-0.05, 0) is 29.9 Å². The van der Waals surface area contributed by atoms with Crippen LogP contribution in [-0.4, -0.2) is 4.98 Å². The molecule has 0 spiro atoms. The van der Waals surface area contributed by atoms with Crippen molar-refractivity contribution in [3.63, 3.8) is 0 Å². The summed E-state index contributed by atoms with van der Waals surface area (Å²) in [5.74, 6) is 0.641. The molecule has 1 aliphatic carbocycles. The number of nitrogens with one attached hydrogen (secondary N) is 1. The second-order valence-corrected chi connectivity index (χ2v) is 2.76. The summed E-state index contributed by atoms with van der Waals surface area (Å²) in [6.45, 7) is 0. The summed E-state index contributed by atoms with van der Waals surface area (Å²) in [5.41, 5.74) is 10.1. The van der Waals surface area contributed by atoms with Gasteiger partial charge in [0.1, 0.15) is 0 Å². The van der Waals surface area contributed by atoms with Crippen LogP contribution in [0.5, 0.6) is 0 Å². The molecule has 0 radical (unpaired) electrons. The average molecular weight is 148 g/mol. The van der Waals surface area contributed by atoms with Crippen LogP contribution < -0.4 is 0 Å². The van der Waals surface area contributed by atoms with Crippen LogP contribution in [0, 0.1) is 0 Å². The molecule has 4 heteroatoms. The minimum absolute atomic E-state index is 0.641. The second-order valence-electron chi connectivity index (χ2n) is 2.76. The molecule has 2 rings (SSSR count). The van der Waals surface area contributed by atoms with Crippen molar-refractivity contribution in [2.75, 3.05) is 0 Å². The lowest BCUT2D eigenvalue weighted by molar-refractivity contribution is 1.13. The lowest BCUT2D eigenvalue weighted by Crippen LogP contribution is -1.70. The molecule has 0 amide bonds. The maximum atomic E-state index is 8.21. The number of aromatic nitrogens is 1. The largest absolute Gasteiger partial charge is 0.367 e. The van der Waals surface area contributed by atoms with Gasteiger partial charge in [-0.1, -0.05) is 5.11 Å². The molecule has 4 nitrogen and oxygen atoms in total. The van der Waals surface area contributed by atoms with Crippen LogP contribution in [0.15, 0.2) is 17.5 Å². The van der Waals surface area contributed by atoms with Crippen LogP contribution >= 0.6 is 0 Å². The number of azide groups is 1. The van der Waals surface area contributed by atoms with Crippen molar-refractivity contribution in [2.45, 2.75) is 18.8 Å². The number of rotatable bonds is 2. The number of hydrogen-bond acceptors (Lipinski definition) is 1. The molecule has 0 aromatic carbocycles. The molecule has 1 N–H and O–H groups in total. The highest BCUT2D eigenvalue weighted by molar-refractivity contribution is 5.47. The topological polar surface area (TPSA) is 64.6 Å². The molecule has 1 heterocycles. The Kier molecular flexibility index (Phi) is 1.33. The molecule has 11 heavy (non-hydrogen) atoms. The van der Waals surface area contributed by atoms with E-state index < -0.39 is 0 Å². The zero-order valence-electron chi connectivity index (χ0n) is 5.99. The summed E-state index contributed by atoms with van der Waals surface area (Å²) >= 11 is 0. The summed E-state index contributed by atoms with van der Waals surface area (Å²) in [5, 5.41) is 3.58. The van der Waals surface area contributed by atoms with Crippen molar-refractivity contribution in [1.82, 2.24) is 4.98 Å². The molecule has 1 fully saturated rings. The monoisotopic (exact) mass is 148 g/mol. The average Bonchev–Trinajstić information content (AvgIpc) is 2.75. The lowest BCUT2D eigenvalue weighted by Gasteiger charge is -1.90. The Morgan fingerprint density at radius 2 is 2.36 bits per heavy atom. The zero-order valence-corrected chi connectivity index (χ0v) is 5.99. The molecule has 0 unspecified atom stereocenters. The van der Waals surface area contributed by atoms with Crippen molar-refractivity contribution in [3.05, 3.63) is 28.4 Å². The van der Waals surface area contributed by atoms with Crippen LogP contribution in [0.1, 0.15) is 24.3 Å². The van der Waals surface area contributed by atoms with E-state index in [1.165, 1.54) is 18.4 Å². The third kappa shape index (κ3) is 1.08. The molecule has 1 aromatic rings. The van der Waals surface area contributed by atoms with E-state index in [0.29, 0.717) is 5.92 Å². The van der Waals surface area contributed by atoms with Crippen molar-refractivity contribution in [3.8, 4) is 0 Å². The Morgan fingerprint density at radius 3 is 3.00 bits per heavy atom. The molecular weight excluding hydrogens is 140 g/mol. The molecule has 0 saturated heterocycles. The van der Waals surface area contributed by atoms with Gasteiger partial charge in [0, 0.05) is 17.3 Å². The fourth-order valence-corrected chi connectivity index (χ4v) is 1.22. The van der Waals surface area contributed by atoms with E-state index in [9.17, 15) is 0 Å². The van der Waals surface area contributed by atoms with Crippen molar-refractivity contribution < 1.29 is 0 Å². The smallest absolute Gasteiger partial charge is 0.0584 e. The lowest BCUT2D eigenvalue weighted by atomic mass is 10.2. The Morgan fingerprint density at radius 1 is 1.55 bits per heavy atom. The maximum absolute atomic E-state index is 8.21. The summed E-state index contributed by atoms with van der Waals surface area (Å²) in [6, 6.07) is 0. The third-order valence-electron chi connectivity index (χ3n) is 1.92. The number of H-pyrrole nitrogens is 1. The van der Waals surface area contributed by atoms with Crippen molar-refractivity contribution in [1.29, 1.82) is 0 Å². The predicted molar refractivity (Wildman–Crippen MR) is 41.6 cm³/mol. The summed E-state index contributed by atoms with van der Waals surface area (Å²) in [6.07, 6.45) is 6.12. The highest BCUT2D eigenvalue weighted by atomic mass is 15.1. The molecule has 1 aromatic heterocycles. The summed E-state index contributed by atoms with van der Waals surface area (Å²) < 4.78 is 0. The Balaban J connectivity index is 2.36.